The van der Waals surface area contributed by atoms with Crippen molar-refractivity contribution in [3.63, 3.8) is 0 Å². The molecular weight excluding hydrogens is 606 g/mol. The lowest BCUT2D eigenvalue weighted by Gasteiger charge is -2.29. The molecule has 0 aliphatic carbocycles. The molecule has 2 amide bonds. The standard InChI is InChI=1S/C29H40N6O2.4ClH/c30-17-15-29(33,16-18-31)14-6-11-25(32)27(36)35-26(19-21-7-2-1-3-8-21)28(37)34-24-13-12-22-9-4-5-10-23(22)20-24;;;;/h1-5,7-10,12-13,20,25-26H,6,11,14-19,30-33H2,(H,34,37)(H,35,36);4*1H/t25-,26-;;;;/m0..../s1. The molecule has 10 N–H and O–H groups in total. The molecule has 230 valence electrons. The highest BCUT2D eigenvalue weighted by molar-refractivity contribution is 5.99. The largest absolute Gasteiger partial charge is 0.343 e. The van der Waals surface area contributed by atoms with Crippen LogP contribution in [0.15, 0.2) is 72.8 Å². The summed E-state index contributed by atoms with van der Waals surface area (Å²) in [5, 5.41) is 7.93. The summed E-state index contributed by atoms with van der Waals surface area (Å²) in [5.74, 6) is -0.665. The van der Waals surface area contributed by atoms with E-state index in [1.807, 2.05) is 72.8 Å². The summed E-state index contributed by atoms with van der Waals surface area (Å²) in [7, 11) is 0. The van der Waals surface area contributed by atoms with Crippen LogP contribution in [-0.2, 0) is 16.0 Å². The van der Waals surface area contributed by atoms with Crippen LogP contribution in [0.3, 0.4) is 0 Å². The van der Waals surface area contributed by atoms with E-state index in [2.05, 4.69) is 10.6 Å². The Balaban J connectivity index is 0. The van der Waals surface area contributed by atoms with Crippen molar-refractivity contribution in [3.05, 3.63) is 78.4 Å². The van der Waals surface area contributed by atoms with Gasteiger partial charge < -0.3 is 33.6 Å². The van der Waals surface area contributed by atoms with Gasteiger partial charge in [0.15, 0.2) is 0 Å². The predicted molar refractivity (Wildman–Crippen MR) is 180 cm³/mol. The summed E-state index contributed by atoms with van der Waals surface area (Å²) >= 11 is 0. The Hall–Kier alpha value is -2.14. The van der Waals surface area contributed by atoms with Crippen LogP contribution in [0, 0.1) is 0 Å². The summed E-state index contributed by atoms with van der Waals surface area (Å²) in [4.78, 5) is 26.3. The molecule has 3 aromatic rings. The lowest BCUT2D eigenvalue weighted by molar-refractivity contribution is -0.127. The maximum absolute atomic E-state index is 13.3. The lowest BCUT2D eigenvalue weighted by Crippen LogP contribution is -2.51. The van der Waals surface area contributed by atoms with Gasteiger partial charge in [0.1, 0.15) is 6.04 Å². The van der Waals surface area contributed by atoms with Crippen molar-refractivity contribution in [2.24, 2.45) is 22.9 Å². The van der Waals surface area contributed by atoms with Crippen molar-refractivity contribution in [2.75, 3.05) is 18.4 Å². The molecule has 3 aromatic carbocycles. The summed E-state index contributed by atoms with van der Waals surface area (Å²) in [6.45, 7) is 0.965. The number of hydrogen-bond acceptors (Lipinski definition) is 6. The van der Waals surface area contributed by atoms with Crippen molar-refractivity contribution >= 4 is 77.9 Å². The van der Waals surface area contributed by atoms with Crippen molar-refractivity contribution in [3.8, 4) is 0 Å². The number of amides is 2. The smallest absolute Gasteiger partial charge is 0.247 e. The van der Waals surface area contributed by atoms with Gasteiger partial charge in [-0.15, -0.1) is 49.6 Å². The molecule has 0 spiro atoms. The lowest BCUT2D eigenvalue weighted by atomic mass is 9.86. The average molecular weight is 651 g/mol. The minimum absolute atomic E-state index is 0. The summed E-state index contributed by atoms with van der Waals surface area (Å²) in [6.07, 6.45) is 3.47. The quantitative estimate of drug-likeness (QED) is 0.154. The number of rotatable bonds is 14. The van der Waals surface area contributed by atoms with Crippen molar-refractivity contribution in [1.82, 2.24) is 5.32 Å². The fourth-order valence-corrected chi connectivity index (χ4v) is 4.59. The van der Waals surface area contributed by atoms with E-state index in [1.54, 1.807) is 0 Å². The molecule has 0 unspecified atom stereocenters. The first-order chi connectivity index (χ1) is 17.8. The number of carbonyl (C=O) groups is 2. The molecule has 0 bridgehead atoms. The normalized spacial score (nSPS) is 11.9. The first kappa shape index (κ1) is 41.0. The van der Waals surface area contributed by atoms with Gasteiger partial charge in [0.05, 0.1) is 6.04 Å². The molecule has 0 saturated carbocycles. The number of nitrogens with two attached hydrogens (primary N) is 4. The Morgan fingerprint density at radius 3 is 1.95 bits per heavy atom. The number of benzene rings is 3. The Bertz CT molecular complexity index is 1170. The maximum atomic E-state index is 13.3. The van der Waals surface area contributed by atoms with Gasteiger partial charge in [0, 0.05) is 17.6 Å². The van der Waals surface area contributed by atoms with E-state index in [1.165, 1.54) is 0 Å². The Morgan fingerprint density at radius 2 is 1.34 bits per heavy atom. The molecule has 12 heteroatoms. The Kier molecular flexibility index (Phi) is 20.7. The molecule has 2 atom stereocenters. The summed E-state index contributed by atoms with van der Waals surface area (Å²) in [6, 6.07) is 21.7. The predicted octanol–water partition coefficient (Wildman–Crippen LogP) is 4.09. The van der Waals surface area contributed by atoms with Crippen molar-refractivity contribution in [2.45, 2.75) is 56.1 Å². The zero-order valence-electron chi connectivity index (χ0n) is 23.0. The molecule has 0 heterocycles. The topological polar surface area (TPSA) is 162 Å². The average Bonchev–Trinajstić information content (AvgIpc) is 2.89. The number of anilines is 1. The van der Waals surface area contributed by atoms with Crippen molar-refractivity contribution < 1.29 is 9.59 Å². The number of nitrogens with one attached hydrogen (secondary N) is 2. The van der Waals surface area contributed by atoms with Crippen molar-refractivity contribution in [1.29, 1.82) is 0 Å². The molecular formula is C29H44Cl4N6O2. The Labute approximate surface area is 267 Å². The molecule has 41 heavy (non-hydrogen) atoms. The van der Waals surface area contributed by atoms with Crippen LogP contribution in [0.2, 0.25) is 0 Å². The molecule has 0 aliphatic heterocycles. The van der Waals surface area contributed by atoms with Crippen LogP contribution in [0.5, 0.6) is 0 Å². The summed E-state index contributed by atoms with van der Waals surface area (Å²) in [5.41, 5.74) is 25.2. The highest BCUT2D eigenvalue weighted by Gasteiger charge is 2.26. The maximum Gasteiger partial charge on any atom is 0.247 e. The van der Waals surface area contributed by atoms with E-state index in [9.17, 15) is 9.59 Å². The van der Waals surface area contributed by atoms with Gasteiger partial charge in [-0.1, -0.05) is 60.7 Å². The SMILES string of the molecule is Cl.Cl.Cl.Cl.NCCC(N)(CCN)CCC[C@H](N)C(=O)N[C@@H](Cc1ccccc1)C(=O)Nc1ccc2ccccc2c1. The van der Waals surface area contributed by atoms with Crippen LogP contribution in [-0.4, -0.2) is 42.5 Å². The van der Waals surface area contributed by atoms with Gasteiger partial charge >= 0.3 is 0 Å². The molecule has 3 rings (SSSR count). The van der Waals surface area contributed by atoms with Gasteiger partial charge in [-0.25, -0.2) is 0 Å². The van der Waals surface area contributed by atoms with Gasteiger partial charge in [-0.3, -0.25) is 9.59 Å². The number of hydrogen-bond donors (Lipinski definition) is 6. The molecule has 0 aliphatic rings. The van der Waals surface area contributed by atoms with E-state index in [0.29, 0.717) is 57.3 Å². The van der Waals surface area contributed by atoms with Gasteiger partial charge in [-0.05, 0) is 73.7 Å². The molecule has 0 aromatic heterocycles. The minimum Gasteiger partial charge on any atom is -0.343 e. The minimum atomic E-state index is -0.782. The third-order valence-corrected chi connectivity index (χ3v) is 6.74. The van der Waals surface area contributed by atoms with Crippen LogP contribution < -0.4 is 33.6 Å². The fourth-order valence-electron chi connectivity index (χ4n) is 4.59. The Morgan fingerprint density at radius 1 is 0.756 bits per heavy atom. The van der Waals surface area contributed by atoms with E-state index in [0.717, 1.165) is 16.3 Å². The number of carbonyl (C=O) groups excluding carboxylic acids is 2. The highest BCUT2D eigenvalue weighted by Crippen LogP contribution is 2.20. The van der Waals surface area contributed by atoms with Gasteiger partial charge in [-0.2, -0.15) is 0 Å². The van der Waals surface area contributed by atoms with E-state index >= 15 is 0 Å². The second-order valence-electron chi connectivity index (χ2n) is 9.74. The van der Waals surface area contributed by atoms with Crippen LogP contribution in [0.25, 0.3) is 10.8 Å². The number of fused-ring (bicyclic) bond motifs is 1. The second kappa shape index (κ2) is 20.7. The highest BCUT2D eigenvalue weighted by atomic mass is 35.5. The first-order valence-electron chi connectivity index (χ1n) is 12.9. The fraction of sp³-hybridized carbons (Fsp3) is 0.379. The molecule has 8 nitrogen and oxygen atoms in total. The third-order valence-electron chi connectivity index (χ3n) is 6.74. The van der Waals surface area contributed by atoms with E-state index in [-0.39, 0.29) is 61.4 Å². The van der Waals surface area contributed by atoms with Crippen LogP contribution in [0.1, 0.15) is 37.7 Å². The second-order valence-corrected chi connectivity index (χ2v) is 9.74. The zero-order valence-corrected chi connectivity index (χ0v) is 26.3. The van der Waals surface area contributed by atoms with Gasteiger partial charge in [0.2, 0.25) is 11.8 Å². The number of halogens is 4. The van der Waals surface area contributed by atoms with Crippen LogP contribution >= 0.6 is 49.6 Å². The molecule has 0 radical (unpaired) electrons. The third kappa shape index (κ3) is 13.1. The molecule has 0 fully saturated rings. The molecule has 0 saturated heterocycles. The van der Waals surface area contributed by atoms with Gasteiger partial charge in [0.25, 0.3) is 0 Å². The van der Waals surface area contributed by atoms with Crippen LogP contribution in [0.4, 0.5) is 5.69 Å². The van der Waals surface area contributed by atoms with E-state index in [4.69, 9.17) is 22.9 Å². The monoisotopic (exact) mass is 648 g/mol. The van der Waals surface area contributed by atoms with E-state index < -0.39 is 17.6 Å². The summed E-state index contributed by atoms with van der Waals surface area (Å²) < 4.78 is 0. The zero-order chi connectivity index (χ0) is 26.7. The first-order valence-corrected chi connectivity index (χ1v) is 12.9.